The third-order valence-electron chi connectivity index (χ3n) is 7.75. The van der Waals surface area contributed by atoms with Gasteiger partial charge in [0.05, 0.1) is 31.5 Å². The highest BCUT2D eigenvalue weighted by atomic mass is 19.4. The van der Waals surface area contributed by atoms with Gasteiger partial charge in [0.15, 0.2) is 0 Å². The molecule has 0 aliphatic heterocycles. The SMILES string of the molecule is COc1ccc2[nH]c(C)c(CC(=O)N[C@@H](CCCCCC(=O)NO)c3ncc(-c4ccc5ccccc5c4)[nH]3)c2c1.O=C(O)C(F)(F)F. The predicted molar refractivity (Wildman–Crippen MR) is 172 cm³/mol. The summed E-state index contributed by atoms with van der Waals surface area (Å²) in [6, 6.07) is 20.0. The lowest BCUT2D eigenvalue weighted by Gasteiger charge is -2.17. The molecule has 5 rings (SSSR count). The number of unbranched alkanes of at least 4 members (excludes halogenated alkanes) is 2. The van der Waals surface area contributed by atoms with Gasteiger partial charge in [-0.3, -0.25) is 14.8 Å². The molecule has 5 aromatic rings. The van der Waals surface area contributed by atoms with E-state index >= 15 is 0 Å². The van der Waals surface area contributed by atoms with E-state index < -0.39 is 18.1 Å². The number of halogens is 3. The monoisotopic (exact) mass is 667 g/mol. The second-order valence-electron chi connectivity index (χ2n) is 11.1. The first-order valence-corrected chi connectivity index (χ1v) is 15.1. The normalized spacial score (nSPS) is 11.9. The van der Waals surface area contributed by atoms with Crippen LogP contribution in [0.5, 0.6) is 5.75 Å². The summed E-state index contributed by atoms with van der Waals surface area (Å²) in [5, 5.41) is 22.3. The van der Waals surface area contributed by atoms with Gasteiger partial charge in [-0.05, 0) is 60.4 Å². The smallest absolute Gasteiger partial charge is 0.490 e. The number of hydrogen-bond acceptors (Lipinski definition) is 6. The molecule has 0 saturated heterocycles. The Morgan fingerprint density at radius 2 is 1.69 bits per heavy atom. The Labute approximate surface area is 273 Å². The Morgan fingerprint density at radius 3 is 2.38 bits per heavy atom. The number of nitrogens with one attached hydrogen (secondary N) is 4. The summed E-state index contributed by atoms with van der Waals surface area (Å²) >= 11 is 0. The lowest BCUT2D eigenvalue weighted by atomic mass is 10.0. The van der Waals surface area contributed by atoms with Gasteiger partial charge >= 0.3 is 12.1 Å². The van der Waals surface area contributed by atoms with Crippen LogP contribution in [0.1, 0.15) is 55.2 Å². The van der Waals surface area contributed by atoms with Gasteiger partial charge in [0.25, 0.3) is 0 Å². The molecule has 0 saturated carbocycles. The summed E-state index contributed by atoms with van der Waals surface area (Å²) in [5.41, 5.74) is 6.40. The molecule has 14 heteroatoms. The molecule has 48 heavy (non-hydrogen) atoms. The van der Waals surface area contributed by atoms with Crippen molar-refractivity contribution in [2.45, 2.75) is 57.7 Å². The van der Waals surface area contributed by atoms with Gasteiger partial charge in [0, 0.05) is 28.6 Å². The zero-order valence-corrected chi connectivity index (χ0v) is 26.3. The van der Waals surface area contributed by atoms with Crippen LogP contribution in [0.4, 0.5) is 13.2 Å². The summed E-state index contributed by atoms with van der Waals surface area (Å²) in [4.78, 5) is 45.1. The largest absolute Gasteiger partial charge is 0.497 e. The van der Waals surface area contributed by atoms with Crippen LogP contribution in [0.25, 0.3) is 32.9 Å². The Hall–Kier alpha value is -5.37. The number of alkyl halides is 3. The van der Waals surface area contributed by atoms with Crippen LogP contribution < -0.4 is 15.5 Å². The number of imidazole rings is 1. The van der Waals surface area contributed by atoms with E-state index in [9.17, 15) is 22.8 Å². The fraction of sp³-hybridized carbons (Fsp3) is 0.294. The number of fused-ring (bicyclic) bond motifs is 2. The highest BCUT2D eigenvalue weighted by Gasteiger charge is 2.38. The first kappa shape index (κ1) is 35.5. The number of aromatic nitrogens is 3. The minimum absolute atomic E-state index is 0.106. The van der Waals surface area contributed by atoms with Crippen LogP contribution >= 0.6 is 0 Å². The third kappa shape index (κ3) is 9.35. The Balaban J connectivity index is 0.000000671. The molecule has 0 radical (unpaired) electrons. The van der Waals surface area contributed by atoms with Crippen LogP contribution in [0.3, 0.4) is 0 Å². The molecule has 0 unspecified atom stereocenters. The first-order chi connectivity index (χ1) is 22.9. The molecule has 0 fully saturated rings. The third-order valence-corrected chi connectivity index (χ3v) is 7.75. The van der Waals surface area contributed by atoms with E-state index in [0.717, 1.165) is 57.4 Å². The second kappa shape index (κ2) is 16.0. The molecule has 0 aliphatic carbocycles. The zero-order chi connectivity index (χ0) is 34.8. The average molecular weight is 668 g/mol. The number of aryl methyl sites for hydroxylation is 1. The van der Waals surface area contributed by atoms with E-state index in [0.29, 0.717) is 18.7 Å². The maximum Gasteiger partial charge on any atom is 0.490 e. The molecular weight excluding hydrogens is 631 g/mol. The lowest BCUT2D eigenvalue weighted by Crippen LogP contribution is -2.30. The van der Waals surface area contributed by atoms with Crippen molar-refractivity contribution in [3.63, 3.8) is 0 Å². The molecule has 0 bridgehead atoms. The number of H-pyrrole nitrogens is 2. The van der Waals surface area contributed by atoms with E-state index in [-0.39, 0.29) is 24.8 Å². The number of hydrogen-bond donors (Lipinski definition) is 6. The molecular formula is C34H36F3N5O6. The minimum atomic E-state index is -5.08. The summed E-state index contributed by atoms with van der Waals surface area (Å²) in [6.07, 6.45) is 0.0362. The van der Waals surface area contributed by atoms with Crippen molar-refractivity contribution in [3.8, 4) is 17.0 Å². The number of carbonyl (C=O) groups excluding carboxylic acids is 2. The number of rotatable bonds is 12. The van der Waals surface area contributed by atoms with Crippen molar-refractivity contribution in [2.24, 2.45) is 0 Å². The molecule has 2 heterocycles. The highest BCUT2D eigenvalue weighted by Crippen LogP contribution is 2.28. The second-order valence-corrected chi connectivity index (χ2v) is 11.1. The van der Waals surface area contributed by atoms with Gasteiger partial charge in [0.2, 0.25) is 11.8 Å². The fourth-order valence-corrected chi connectivity index (χ4v) is 5.28. The number of aliphatic carboxylic acids is 1. The van der Waals surface area contributed by atoms with Crippen molar-refractivity contribution >= 4 is 39.5 Å². The number of carboxylic acid groups (broad SMARTS) is 1. The molecule has 2 aromatic heterocycles. The average Bonchev–Trinajstić information content (AvgIpc) is 3.68. The molecule has 0 spiro atoms. The molecule has 1 atom stereocenters. The van der Waals surface area contributed by atoms with Crippen LogP contribution in [-0.2, 0) is 20.8 Å². The quantitative estimate of drug-likeness (QED) is 0.0500. The van der Waals surface area contributed by atoms with Gasteiger partial charge in [-0.1, -0.05) is 49.2 Å². The Morgan fingerprint density at radius 1 is 0.958 bits per heavy atom. The standard InChI is InChI=1S/C32H35N5O4.C2HF3O2/c1-20-25(26-17-24(41-2)14-15-27(26)34-20)18-31(39)35-28(10-4-3-5-11-30(38)37-40)32-33-19-29(36-32)23-13-12-21-8-6-7-9-22(21)16-23;3-2(4,5)1(6)7/h6-9,12-17,19,28,34,40H,3-5,10-11,18H2,1-2H3,(H,33,36)(H,35,39)(H,37,38);(H,6,7)/t28-;/m0./s1. The van der Waals surface area contributed by atoms with Crippen LogP contribution in [0.2, 0.25) is 0 Å². The number of aromatic amines is 2. The van der Waals surface area contributed by atoms with Crippen molar-refractivity contribution in [1.29, 1.82) is 0 Å². The van der Waals surface area contributed by atoms with Gasteiger partial charge in [-0.2, -0.15) is 13.2 Å². The molecule has 2 amide bonds. The van der Waals surface area contributed by atoms with Crippen LogP contribution in [0, 0.1) is 6.92 Å². The number of benzene rings is 3. The van der Waals surface area contributed by atoms with E-state index in [1.165, 1.54) is 5.39 Å². The molecule has 254 valence electrons. The number of methoxy groups -OCH3 is 1. The van der Waals surface area contributed by atoms with Crippen molar-refractivity contribution < 1.29 is 42.6 Å². The predicted octanol–water partition coefficient (Wildman–Crippen LogP) is 6.52. The summed E-state index contributed by atoms with van der Waals surface area (Å²) in [7, 11) is 1.63. The molecule has 6 N–H and O–H groups in total. The number of hydroxylamine groups is 1. The van der Waals surface area contributed by atoms with E-state index in [1.807, 2.05) is 37.3 Å². The number of carbonyl (C=O) groups is 3. The van der Waals surface area contributed by atoms with E-state index in [1.54, 1.807) is 18.8 Å². The minimum Gasteiger partial charge on any atom is -0.497 e. The van der Waals surface area contributed by atoms with Crippen molar-refractivity contribution in [3.05, 3.63) is 83.9 Å². The fourth-order valence-electron chi connectivity index (χ4n) is 5.28. The van der Waals surface area contributed by atoms with Gasteiger partial charge in [0.1, 0.15) is 11.6 Å². The van der Waals surface area contributed by atoms with Gasteiger partial charge in [-0.15, -0.1) is 0 Å². The topological polar surface area (TPSA) is 169 Å². The Bertz CT molecular complexity index is 1880. The number of amides is 2. The zero-order valence-electron chi connectivity index (χ0n) is 26.3. The first-order valence-electron chi connectivity index (χ1n) is 15.1. The summed E-state index contributed by atoms with van der Waals surface area (Å²) in [5.74, 6) is -1.83. The summed E-state index contributed by atoms with van der Waals surface area (Å²) in [6.45, 7) is 1.97. The van der Waals surface area contributed by atoms with Crippen molar-refractivity contribution in [2.75, 3.05) is 7.11 Å². The summed E-state index contributed by atoms with van der Waals surface area (Å²) < 4.78 is 37.1. The molecule has 0 aliphatic rings. The van der Waals surface area contributed by atoms with Gasteiger partial charge in [-0.25, -0.2) is 15.3 Å². The molecule has 3 aromatic carbocycles. The van der Waals surface area contributed by atoms with Crippen LogP contribution in [-0.4, -0.2) is 56.3 Å². The van der Waals surface area contributed by atoms with Gasteiger partial charge < -0.3 is 25.1 Å². The van der Waals surface area contributed by atoms with E-state index in [4.69, 9.17) is 19.8 Å². The number of nitrogens with zero attached hydrogens (tertiary/aromatic N) is 1. The maximum absolute atomic E-state index is 13.4. The van der Waals surface area contributed by atoms with Crippen molar-refractivity contribution in [1.82, 2.24) is 25.7 Å². The maximum atomic E-state index is 13.4. The number of ether oxygens (including phenoxy) is 1. The Kier molecular flexibility index (Phi) is 11.8. The molecule has 11 nitrogen and oxygen atoms in total. The van der Waals surface area contributed by atoms with E-state index in [2.05, 4.69) is 50.6 Å². The van der Waals surface area contributed by atoms with Crippen LogP contribution in [0.15, 0.2) is 66.9 Å². The number of carboxylic acids is 1. The lowest BCUT2D eigenvalue weighted by molar-refractivity contribution is -0.192. The highest BCUT2D eigenvalue weighted by molar-refractivity contribution is 5.91.